The number of hydrogen-bond donors (Lipinski definition) is 3. The third-order valence-electron chi connectivity index (χ3n) is 3.39. The van der Waals surface area contributed by atoms with Crippen molar-refractivity contribution in [2.24, 2.45) is 0 Å². The highest BCUT2D eigenvalue weighted by Gasteiger charge is 2.11. The average molecular weight is 387 g/mol. The summed E-state index contributed by atoms with van der Waals surface area (Å²) in [5.41, 5.74) is 1.20. The van der Waals surface area contributed by atoms with E-state index >= 15 is 0 Å². The van der Waals surface area contributed by atoms with E-state index in [0.717, 1.165) is 16.6 Å². The minimum atomic E-state index is -0.330. The molecule has 0 saturated carbocycles. The average Bonchev–Trinajstić information content (AvgIpc) is 3.01. The van der Waals surface area contributed by atoms with Gasteiger partial charge in [-0.1, -0.05) is 24.3 Å². The molecule has 1 aromatic heterocycles. The molecule has 8 heteroatoms. The maximum atomic E-state index is 12.3. The smallest absolute Gasteiger partial charge is 0.257 e. The number of hydrogen-bond acceptors (Lipinski definition) is 6. The number of anilines is 1. The molecule has 0 fully saturated rings. The number of benzene rings is 2. The van der Waals surface area contributed by atoms with Gasteiger partial charge < -0.3 is 15.2 Å². The topological polar surface area (TPSA) is 83.5 Å². The molecule has 0 bridgehead atoms. The second kappa shape index (κ2) is 8.11. The van der Waals surface area contributed by atoms with Gasteiger partial charge in [0.1, 0.15) is 11.5 Å². The quantitative estimate of drug-likeness (QED) is 0.576. The van der Waals surface area contributed by atoms with Crippen LogP contribution in [0.1, 0.15) is 23.7 Å². The predicted molar refractivity (Wildman–Crippen MR) is 107 cm³/mol. The van der Waals surface area contributed by atoms with Gasteiger partial charge in [-0.15, -0.1) is 0 Å². The minimum absolute atomic E-state index is 0.151. The van der Waals surface area contributed by atoms with Crippen molar-refractivity contribution in [2.45, 2.75) is 13.3 Å². The van der Waals surface area contributed by atoms with E-state index in [1.807, 2.05) is 6.92 Å². The Balaban J connectivity index is 1.64. The molecule has 134 valence electrons. The lowest BCUT2D eigenvalue weighted by Crippen LogP contribution is -2.34. The number of carbonyl (C=O) groups is 1. The molecule has 0 spiro atoms. The molecule has 1 amide bonds. The lowest BCUT2D eigenvalue weighted by atomic mass is 10.2. The first-order chi connectivity index (χ1) is 12.5. The summed E-state index contributed by atoms with van der Waals surface area (Å²) in [5.74, 6) is 0.487. The molecule has 0 saturated heterocycles. The Hall–Kier alpha value is -2.71. The Labute approximate surface area is 159 Å². The predicted octanol–water partition coefficient (Wildman–Crippen LogP) is 3.92. The number of nitrogens with one attached hydrogen (secondary N) is 2. The molecule has 0 unspecified atom stereocenters. The Morgan fingerprint density at radius 3 is 2.96 bits per heavy atom. The van der Waals surface area contributed by atoms with Crippen LogP contribution in [0.5, 0.6) is 11.5 Å². The van der Waals surface area contributed by atoms with E-state index in [2.05, 4.69) is 15.6 Å². The Morgan fingerprint density at radius 2 is 2.15 bits per heavy atom. The molecule has 6 nitrogen and oxygen atoms in total. The van der Waals surface area contributed by atoms with Gasteiger partial charge >= 0.3 is 0 Å². The number of nitrogens with zero attached hydrogens (tertiary/aromatic N) is 1. The summed E-state index contributed by atoms with van der Waals surface area (Å²) in [4.78, 5) is 16.7. The molecule has 0 aliphatic rings. The van der Waals surface area contributed by atoms with Crippen LogP contribution in [0.25, 0.3) is 10.2 Å². The van der Waals surface area contributed by atoms with Crippen molar-refractivity contribution in [2.75, 3.05) is 11.9 Å². The molecule has 0 atom stereocenters. The van der Waals surface area contributed by atoms with Crippen LogP contribution in [0.2, 0.25) is 0 Å². The standard InChI is InChI=1S/C18H17N3O3S2/c1-2-8-24-13-5-3-4-11(9-13)16(23)20-17(25)21-18-19-14-7-6-12(22)10-15(14)26-18/h3-7,9-10,22H,2,8H2,1H3,(H2,19,20,21,23,25). The van der Waals surface area contributed by atoms with Crippen molar-refractivity contribution in [1.29, 1.82) is 0 Å². The van der Waals surface area contributed by atoms with Crippen LogP contribution in [-0.4, -0.2) is 27.7 Å². The molecule has 0 aliphatic carbocycles. The van der Waals surface area contributed by atoms with E-state index in [4.69, 9.17) is 17.0 Å². The fourth-order valence-electron chi connectivity index (χ4n) is 2.22. The molecule has 3 N–H and O–H groups in total. The number of rotatable bonds is 5. The van der Waals surface area contributed by atoms with E-state index < -0.39 is 0 Å². The molecule has 0 radical (unpaired) electrons. The lowest BCUT2D eigenvalue weighted by molar-refractivity contribution is 0.0977. The first-order valence-corrected chi connectivity index (χ1v) is 9.22. The molecular formula is C18H17N3O3S2. The van der Waals surface area contributed by atoms with E-state index in [1.54, 1.807) is 42.5 Å². The number of aromatic hydroxyl groups is 1. The molecular weight excluding hydrogens is 370 g/mol. The minimum Gasteiger partial charge on any atom is -0.508 e. The van der Waals surface area contributed by atoms with Gasteiger partial charge in [-0.2, -0.15) is 0 Å². The summed E-state index contributed by atoms with van der Waals surface area (Å²) < 4.78 is 6.35. The number of phenols is 1. The van der Waals surface area contributed by atoms with E-state index in [1.165, 1.54) is 11.3 Å². The number of aromatic nitrogens is 1. The SMILES string of the molecule is CCCOc1cccc(C(=O)NC(=S)Nc2nc3ccc(O)cc3s2)c1. The van der Waals surface area contributed by atoms with Crippen LogP contribution in [-0.2, 0) is 0 Å². The lowest BCUT2D eigenvalue weighted by Gasteiger charge is -2.09. The highest BCUT2D eigenvalue weighted by Crippen LogP contribution is 2.28. The summed E-state index contributed by atoms with van der Waals surface area (Å²) in [5, 5.41) is 15.7. The molecule has 2 aromatic carbocycles. The number of fused-ring (bicyclic) bond motifs is 1. The third-order valence-corrected chi connectivity index (χ3v) is 4.53. The van der Waals surface area contributed by atoms with Gasteiger partial charge in [-0.25, -0.2) is 4.98 Å². The fourth-order valence-corrected chi connectivity index (χ4v) is 3.37. The first-order valence-electron chi connectivity index (χ1n) is 8.00. The van der Waals surface area contributed by atoms with Gasteiger partial charge in [0.25, 0.3) is 5.91 Å². The molecule has 26 heavy (non-hydrogen) atoms. The Bertz CT molecular complexity index is 956. The highest BCUT2D eigenvalue weighted by atomic mass is 32.1. The Morgan fingerprint density at radius 1 is 1.31 bits per heavy atom. The van der Waals surface area contributed by atoms with Crippen molar-refractivity contribution in [3.05, 3.63) is 48.0 Å². The number of carbonyl (C=O) groups excluding carboxylic acids is 1. The molecule has 3 rings (SSSR count). The summed E-state index contributed by atoms with van der Waals surface area (Å²) in [6.07, 6.45) is 0.893. The zero-order chi connectivity index (χ0) is 18.5. The van der Waals surface area contributed by atoms with Crippen LogP contribution in [0.4, 0.5) is 5.13 Å². The summed E-state index contributed by atoms with van der Waals surface area (Å²) >= 11 is 6.52. The van der Waals surface area contributed by atoms with Gasteiger partial charge in [0, 0.05) is 5.56 Å². The maximum absolute atomic E-state index is 12.3. The number of thiazole rings is 1. The van der Waals surface area contributed by atoms with Gasteiger partial charge in [-0.05, 0) is 55.0 Å². The van der Waals surface area contributed by atoms with Crippen LogP contribution in [0.15, 0.2) is 42.5 Å². The van der Waals surface area contributed by atoms with Crippen molar-refractivity contribution in [1.82, 2.24) is 10.3 Å². The number of ether oxygens (including phenoxy) is 1. The number of amides is 1. The number of thiocarbonyl (C=S) groups is 1. The summed E-state index contributed by atoms with van der Waals surface area (Å²) in [6, 6.07) is 11.8. The van der Waals surface area contributed by atoms with E-state index in [-0.39, 0.29) is 16.8 Å². The van der Waals surface area contributed by atoms with Crippen LogP contribution >= 0.6 is 23.6 Å². The molecule has 3 aromatic rings. The van der Waals surface area contributed by atoms with Gasteiger partial charge in [0.15, 0.2) is 10.2 Å². The fraction of sp³-hybridized carbons (Fsp3) is 0.167. The third kappa shape index (κ3) is 4.47. The maximum Gasteiger partial charge on any atom is 0.257 e. The largest absolute Gasteiger partial charge is 0.508 e. The van der Waals surface area contributed by atoms with Gasteiger partial charge in [0.2, 0.25) is 0 Å². The van der Waals surface area contributed by atoms with Crippen molar-refractivity contribution < 1.29 is 14.6 Å². The van der Waals surface area contributed by atoms with Crippen molar-refractivity contribution in [3.8, 4) is 11.5 Å². The highest BCUT2D eigenvalue weighted by molar-refractivity contribution is 7.80. The van der Waals surface area contributed by atoms with Crippen molar-refractivity contribution in [3.63, 3.8) is 0 Å². The van der Waals surface area contributed by atoms with Crippen molar-refractivity contribution >= 4 is 49.9 Å². The second-order valence-electron chi connectivity index (χ2n) is 5.46. The Kier molecular flexibility index (Phi) is 5.65. The van der Waals surface area contributed by atoms with Crippen LogP contribution in [0, 0.1) is 0 Å². The van der Waals surface area contributed by atoms with Gasteiger partial charge in [-0.3, -0.25) is 10.1 Å². The normalized spacial score (nSPS) is 10.5. The second-order valence-corrected chi connectivity index (χ2v) is 6.89. The first kappa shape index (κ1) is 18.1. The van der Waals surface area contributed by atoms with Gasteiger partial charge in [0.05, 0.1) is 16.8 Å². The summed E-state index contributed by atoms with van der Waals surface area (Å²) in [6.45, 7) is 2.61. The van der Waals surface area contributed by atoms with Crippen LogP contribution in [0.3, 0.4) is 0 Å². The van der Waals surface area contributed by atoms with E-state index in [0.29, 0.717) is 23.1 Å². The monoisotopic (exact) mass is 387 g/mol. The zero-order valence-corrected chi connectivity index (χ0v) is 15.6. The molecule has 1 heterocycles. The molecule has 0 aliphatic heterocycles. The van der Waals surface area contributed by atoms with Crippen LogP contribution < -0.4 is 15.4 Å². The summed E-state index contributed by atoms with van der Waals surface area (Å²) in [7, 11) is 0. The van der Waals surface area contributed by atoms with E-state index in [9.17, 15) is 9.90 Å². The number of phenolic OH excluding ortho intramolecular Hbond substituents is 1. The zero-order valence-electron chi connectivity index (χ0n) is 14.0.